The van der Waals surface area contributed by atoms with Gasteiger partial charge in [-0.05, 0) is 19.3 Å². The van der Waals surface area contributed by atoms with E-state index in [1.54, 1.807) is 0 Å². The van der Waals surface area contributed by atoms with Crippen LogP contribution in [0.2, 0.25) is 0 Å². The van der Waals surface area contributed by atoms with Gasteiger partial charge in [-0.3, -0.25) is 4.57 Å². The van der Waals surface area contributed by atoms with Crippen LogP contribution in [0.5, 0.6) is 0 Å². The van der Waals surface area contributed by atoms with E-state index in [2.05, 4.69) is 6.58 Å². The molecule has 1 N–H and O–H groups in total. The molecule has 0 fully saturated rings. The zero-order chi connectivity index (χ0) is 9.94. The zero-order valence-corrected chi connectivity index (χ0v) is 9.30. The number of rotatable bonds is 9. The van der Waals surface area contributed by atoms with E-state index in [-0.39, 0.29) is 0 Å². The van der Waals surface area contributed by atoms with Crippen LogP contribution in [0, 0.1) is 0 Å². The van der Waals surface area contributed by atoms with Gasteiger partial charge >= 0.3 is 0 Å². The Bertz CT molecular complexity index is 146. The van der Waals surface area contributed by atoms with Crippen LogP contribution in [-0.4, -0.2) is 11.1 Å². The molecule has 0 aromatic rings. The molecule has 1 atom stereocenters. The van der Waals surface area contributed by atoms with Crippen molar-refractivity contribution in [1.29, 1.82) is 0 Å². The van der Waals surface area contributed by atoms with Gasteiger partial charge in [-0.25, -0.2) is 0 Å². The van der Waals surface area contributed by atoms with E-state index < -0.39 is 8.03 Å². The van der Waals surface area contributed by atoms with E-state index in [0.29, 0.717) is 6.16 Å². The fourth-order valence-corrected chi connectivity index (χ4v) is 1.82. The first kappa shape index (κ1) is 12.9. The van der Waals surface area contributed by atoms with E-state index in [9.17, 15) is 4.57 Å². The fraction of sp³-hybridized carbons (Fsp3) is 0.800. The van der Waals surface area contributed by atoms with Crippen molar-refractivity contribution in [2.24, 2.45) is 0 Å². The van der Waals surface area contributed by atoms with Crippen molar-refractivity contribution in [3.8, 4) is 0 Å². The summed E-state index contributed by atoms with van der Waals surface area (Å²) in [6, 6.07) is 0. The third kappa shape index (κ3) is 11.9. The van der Waals surface area contributed by atoms with E-state index in [1.165, 1.54) is 25.7 Å². The minimum Gasteiger partial charge on any atom is -0.346 e. The Balaban J connectivity index is 2.91. The lowest BCUT2D eigenvalue weighted by Gasteiger charge is -1.99. The SMILES string of the molecule is C=CCCCCCCCC[PH](=O)O. The second-order valence-electron chi connectivity index (χ2n) is 3.34. The molecule has 13 heavy (non-hydrogen) atoms. The largest absolute Gasteiger partial charge is 0.346 e. The molecule has 78 valence electrons. The summed E-state index contributed by atoms with van der Waals surface area (Å²) in [6.45, 7) is 3.67. The van der Waals surface area contributed by atoms with Gasteiger partial charge in [0.25, 0.3) is 0 Å². The summed E-state index contributed by atoms with van der Waals surface area (Å²) in [5.41, 5.74) is 0. The van der Waals surface area contributed by atoms with Crippen LogP contribution < -0.4 is 0 Å². The van der Waals surface area contributed by atoms with E-state index >= 15 is 0 Å². The molecule has 0 aliphatic carbocycles. The fourth-order valence-electron chi connectivity index (χ4n) is 1.27. The van der Waals surface area contributed by atoms with Gasteiger partial charge in [0.1, 0.15) is 0 Å². The van der Waals surface area contributed by atoms with Crippen molar-refractivity contribution in [2.45, 2.75) is 44.9 Å². The molecule has 0 aliphatic heterocycles. The van der Waals surface area contributed by atoms with Crippen molar-refractivity contribution in [3.05, 3.63) is 12.7 Å². The molecule has 0 saturated carbocycles. The van der Waals surface area contributed by atoms with Crippen LogP contribution in [0.1, 0.15) is 44.9 Å². The highest BCUT2D eigenvalue weighted by atomic mass is 31.1. The molecule has 2 nitrogen and oxygen atoms in total. The molecule has 0 saturated heterocycles. The van der Waals surface area contributed by atoms with E-state index in [4.69, 9.17) is 4.89 Å². The van der Waals surface area contributed by atoms with Crippen molar-refractivity contribution >= 4 is 8.03 Å². The average molecular weight is 204 g/mol. The zero-order valence-electron chi connectivity index (χ0n) is 8.30. The van der Waals surface area contributed by atoms with Crippen molar-refractivity contribution in [3.63, 3.8) is 0 Å². The first-order chi connectivity index (χ1) is 6.27. The third-order valence-electron chi connectivity index (χ3n) is 2.05. The molecule has 0 aliphatic rings. The summed E-state index contributed by atoms with van der Waals surface area (Å²) in [5.74, 6) is 0. The molecule has 0 rings (SSSR count). The number of unbranched alkanes of at least 4 members (excludes halogenated alkanes) is 6. The summed E-state index contributed by atoms with van der Waals surface area (Å²) >= 11 is 0. The van der Waals surface area contributed by atoms with Crippen LogP contribution in [0.3, 0.4) is 0 Å². The smallest absolute Gasteiger partial charge is 0.189 e. The van der Waals surface area contributed by atoms with Crippen LogP contribution in [0.4, 0.5) is 0 Å². The summed E-state index contributed by atoms with van der Waals surface area (Å²) < 4.78 is 10.3. The Morgan fingerprint density at radius 2 is 1.62 bits per heavy atom. The highest BCUT2D eigenvalue weighted by Crippen LogP contribution is 2.16. The van der Waals surface area contributed by atoms with E-state index in [0.717, 1.165) is 19.3 Å². The van der Waals surface area contributed by atoms with Crippen molar-refractivity contribution in [2.75, 3.05) is 6.16 Å². The molecular formula is C10H21O2P. The predicted molar refractivity (Wildman–Crippen MR) is 58.6 cm³/mol. The lowest BCUT2D eigenvalue weighted by Crippen LogP contribution is -1.82. The maximum atomic E-state index is 10.3. The second kappa shape index (κ2) is 10.0. The van der Waals surface area contributed by atoms with E-state index in [1.807, 2.05) is 6.08 Å². The third-order valence-corrected chi connectivity index (χ3v) is 2.83. The summed E-state index contributed by atoms with van der Waals surface area (Å²) in [7, 11) is -2.20. The first-order valence-electron chi connectivity index (χ1n) is 5.10. The molecule has 3 heteroatoms. The predicted octanol–water partition coefficient (Wildman–Crippen LogP) is 3.37. The van der Waals surface area contributed by atoms with Gasteiger partial charge in [0.15, 0.2) is 8.03 Å². The Kier molecular flexibility index (Phi) is 9.96. The first-order valence-corrected chi connectivity index (χ1v) is 6.66. The van der Waals surface area contributed by atoms with Crippen LogP contribution in [-0.2, 0) is 4.57 Å². The molecule has 1 unspecified atom stereocenters. The molecule has 0 heterocycles. The van der Waals surface area contributed by atoms with Gasteiger partial charge in [-0.15, -0.1) is 6.58 Å². The van der Waals surface area contributed by atoms with Gasteiger partial charge in [-0.2, -0.15) is 0 Å². The Morgan fingerprint density at radius 1 is 1.08 bits per heavy atom. The molecule has 0 amide bonds. The maximum absolute atomic E-state index is 10.3. The number of allylic oxidation sites excluding steroid dienone is 1. The minimum absolute atomic E-state index is 0.511. The lowest BCUT2D eigenvalue weighted by molar-refractivity contribution is 0.498. The molecular weight excluding hydrogens is 183 g/mol. The minimum atomic E-state index is -2.20. The maximum Gasteiger partial charge on any atom is 0.189 e. The average Bonchev–Trinajstić information content (AvgIpc) is 2.09. The molecule has 0 bridgehead atoms. The molecule has 0 aromatic heterocycles. The molecule has 0 aromatic carbocycles. The van der Waals surface area contributed by atoms with Crippen molar-refractivity contribution < 1.29 is 9.46 Å². The Hall–Kier alpha value is -0.0700. The van der Waals surface area contributed by atoms with Gasteiger partial charge in [0.2, 0.25) is 0 Å². The van der Waals surface area contributed by atoms with Crippen molar-refractivity contribution in [1.82, 2.24) is 0 Å². The van der Waals surface area contributed by atoms with Gasteiger partial charge < -0.3 is 4.89 Å². The van der Waals surface area contributed by atoms with Crippen LogP contribution in [0.15, 0.2) is 12.7 Å². The normalized spacial score (nSPS) is 12.7. The van der Waals surface area contributed by atoms with Gasteiger partial charge in [0, 0.05) is 6.16 Å². The monoisotopic (exact) mass is 204 g/mol. The molecule has 0 spiro atoms. The lowest BCUT2D eigenvalue weighted by atomic mass is 10.1. The standard InChI is InChI=1S/C10H21O2P/c1-2-3-4-5-6-7-8-9-10-13(11)12/h2,13H,1,3-10H2,(H,11,12). The van der Waals surface area contributed by atoms with Gasteiger partial charge in [-0.1, -0.05) is 31.8 Å². The van der Waals surface area contributed by atoms with Gasteiger partial charge in [0.05, 0.1) is 0 Å². The molecule has 0 radical (unpaired) electrons. The number of hydrogen-bond donors (Lipinski definition) is 1. The summed E-state index contributed by atoms with van der Waals surface area (Å²) in [6.07, 6.45) is 10.5. The highest BCUT2D eigenvalue weighted by Gasteiger charge is 1.93. The second-order valence-corrected chi connectivity index (χ2v) is 4.63. The van der Waals surface area contributed by atoms with Crippen LogP contribution >= 0.6 is 8.03 Å². The summed E-state index contributed by atoms with van der Waals surface area (Å²) in [4.78, 5) is 8.56. The Labute approximate surface area is 81.9 Å². The quantitative estimate of drug-likeness (QED) is 0.355. The number of hydrogen-bond acceptors (Lipinski definition) is 1. The van der Waals surface area contributed by atoms with Crippen LogP contribution in [0.25, 0.3) is 0 Å². The topological polar surface area (TPSA) is 37.3 Å². The highest BCUT2D eigenvalue weighted by molar-refractivity contribution is 7.37. The summed E-state index contributed by atoms with van der Waals surface area (Å²) in [5, 5.41) is 0. The Morgan fingerprint density at radius 3 is 2.15 bits per heavy atom.